The molecule has 0 aromatic carbocycles. The molecule has 0 amide bonds. The molecule has 1 fully saturated rings. The van der Waals surface area contributed by atoms with Gasteiger partial charge in [-0.3, -0.25) is 0 Å². The van der Waals surface area contributed by atoms with E-state index < -0.39 is 0 Å². The Morgan fingerprint density at radius 3 is 2.41 bits per heavy atom. The van der Waals surface area contributed by atoms with Gasteiger partial charge in [-0.25, -0.2) is 0 Å². The van der Waals surface area contributed by atoms with Crippen LogP contribution in [0.2, 0.25) is 0 Å². The summed E-state index contributed by atoms with van der Waals surface area (Å²) in [5.74, 6) is 1.74. The van der Waals surface area contributed by atoms with Crippen molar-refractivity contribution in [2.45, 2.75) is 32.2 Å². The minimum absolute atomic E-state index is 0.730. The lowest BCUT2D eigenvalue weighted by atomic mass is 9.78. The quantitative estimate of drug-likeness (QED) is 0.760. The molecule has 0 aliphatic heterocycles. The largest absolute Gasteiger partial charge is 0.317 e. The fraction of sp³-hybridized carbons (Fsp3) is 1.00. The number of nitrogens with one attached hydrogen (secondary N) is 1. The molecule has 3 unspecified atom stereocenters. The second kappa shape index (κ2) is 7.34. The van der Waals surface area contributed by atoms with Gasteiger partial charge in [0.1, 0.15) is 0 Å². The summed E-state index contributed by atoms with van der Waals surface area (Å²) in [5, 5.41) is 3.51. The standard InChI is InChI=1S/C14H31N3/c1-12-6-7-14(15-2)13(10-12)11-17(5)9-8-16(3)4/h12-15H,6-11H2,1-5H3. The van der Waals surface area contributed by atoms with Crippen LogP contribution in [-0.2, 0) is 0 Å². The molecule has 1 N–H and O–H groups in total. The van der Waals surface area contributed by atoms with Crippen LogP contribution in [0.4, 0.5) is 0 Å². The maximum atomic E-state index is 3.51. The van der Waals surface area contributed by atoms with Crippen LogP contribution in [0.1, 0.15) is 26.2 Å². The van der Waals surface area contributed by atoms with Crippen molar-refractivity contribution in [3.05, 3.63) is 0 Å². The predicted molar refractivity (Wildman–Crippen MR) is 75.4 cm³/mol. The van der Waals surface area contributed by atoms with E-state index in [1.807, 2.05) is 0 Å². The third-order valence-corrected chi connectivity index (χ3v) is 4.09. The highest BCUT2D eigenvalue weighted by Crippen LogP contribution is 2.29. The number of rotatable bonds is 6. The normalized spacial score (nSPS) is 30.2. The first-order valence-corrected chi connectivity index (χ1v) is 7.03. The molecule has 0 saturated heterocycles. The highest BCUT2D eigenvalue weighted by Gasteiger charge is 2.28. The van der Waals surface area contributed by atoms with Crippen molar-refractivity contribution in [3.8, 4) is 0 Å². The van der Waals surface area contributed by atoms with Crippen molar-refractivity contribution in [2.75, 3.05) is 47.8 Å². The molecule has 1 aliphatic carbocycles. The highest BCUT2D eigenvalue weighted by molar-refractivity contribution is 4.84. The molecule has 0 spiro atoms. The van der Waals surface area contributed by atoms with E-state index in [0.717, 1.165) is 24.4 Å². The van der Waals surface area contributed by atoms with Crippen LogP contribution in [0.5, 0.6) is 0 Å². The molecule has 1 saturated carbocycles. The van der Waals surface area contributed by atoms with Crippen molar-refractivity contribution < 1.29 is 0 Å². The van der Waals surface area contributed by atoms with Gasteiger partial charge in [0.2, 0.25) is 0 Å². The Morgan fingerprint density at radius 2 is 1.82 bits per heavy atom. The van der Waals surface area contributed by atoms with Crippen molar-refractivity contribution in [1.82, 2.24) is 15.1 Å². The Morgan fingerprint density at radius 1 is 1.12 bits per heavy atom. The smallest absolute Gasteiger partial charge is 0.0106 e. The molecule has 3 heteroatoms. The lowest BCUT2D eigenvalue weighted by Gasteiger charge is -2.37. The van der Waals surface area contributed by atoms with Gasteiger partial charge in [0.25, 0.3) is 0 Å². The number of hydrogen-bond acceptors (Lipinski definition) is 3. The van der Waals surface area contributed by atoms with Gasteiger partial charge in [0.05, 0.1) is 0 Å². The third-order valence-electron chi connectivity index (χ3n) is 4.09. The fourth-order valence-corrected chi connectivity index (χ4v) is 2.94. The van der Waals surface area contributed by atoms with E-state index in [1.54, 1.807) is 0 Å². The number of nitrogens with zero attached hydrogens (tertiary/aromatic N) is 2. The van der Waals surface area contributed by atoms with Crippen LogP contribution in [0.25, 0.3) is 0 Å². The zero-order valence-electron chi connectivity index (χ0n) is 12.4. The predicted octanol–water partition coefficient (Wildman–Crippen LogP) is 1.50. The Hall–Kier alpha value is -0.120. The molecule has 102 valence electrons. The molecule has 3 atom stereocenters. The van der Waals surface area contributed by atoms with Crippen LogP contribution in [0, 0.1) is 11.8 Å². The lowest BCUT2D eigenvalue weighted by Crippen LogP contribution is -2.44. The molecule has 1 rings (SSSR count). The van der Waals surface area contributed by atoms with Gasteiger partial charge in [0.15, 0.2) is 0 Å². The zero-order valence-corrected chi connectivity index (χ0v) is 12.4. The van der Waals surface area contributed by atoms with Crippen LogP contribution >= 0.6 is 0 Å². The van der Waals surface area contributed by atoms with Gasteiger partial charge < -0.3 is 15.1 Å². The fourth-order valence-electron chi connectivity index (χ4n) is 2.94. The van der Waals surface area contributed by atoms with Crippen molar-refractivity contribution in [3.63, 3.8) is 0 Å². The van der Waals surface area contributed by atoms with Crippen LogP contribution in [0.3, 0.4) is 0 Å². The van der Waals surface area contributed by atoms with E-state index in [1.165, 1.54) is 32.4 Å². The van der Waals surface area contributed by atoms with E-state index in [2.05, 4.69) is 50.2 Å². The monoisotopic (exact) mass is 241 g/mol. The van der Waals surface area contributed by atoms with Crippen LogP contribution < -0.4 is 5.32 Å². The Labute approximate surface area is 108 Å². The van der Waals surface area contributed by atoms with Gasteiger partial charge in [-0.1, -0.05) is 6.92 Å². The maximum Gasteiger partial charge on any atom is 0.0106 e. The zero-order chi connectivity index (χ0) is 12.8. The molecule has 0 aromatic rings. The summed E-state index contributed by atoms with van der Waals surface area (Å²) in [6.07, 6.45) is 4.13. The molecule has 0 bridgehead atoms. The minimum atomic E-state index is 0.730. The van der Waals surface area contributed by atoms with E-state index in [4.69, 9.17) is 0 Å². The maximum absolute atomic E-state index is 3.51. The van der Waals surface area contributed by atoms with Gasteiger partial charge in [-0.15, -0.1) is 0 Å². The molecular formula is C14H31N3. The van der Waals surface area contributed by atoms with E-state index in [-0.39, 0.29) is 0 Å². The van der Waals surface area contributed by atoms with E-state index >= 15 is 0 Å². The average molecular weight is 241 g/mol. The SMILES string of the molecule is CNC1CCC(C)CC1CN(C)CCN(C)C. The summed E-state index contributed by atoms with van der Waals surface area (Å²) in [6.45, 7) is 5.97. The van der Waals surface area contributed by atoms with Crippen molar-refractivity contribution in [1.29, 1.82) is 0 Å². The summed E-state index contributed by atoms with van der Waals surface area (Å²) in [4.78, 5) is 4.75. The van der Waals surface area contributed by atoms with Gasteiger partial charge >= 0.3 is 0 Å². The third kappa shape index (κ3) is 5.36. The molecular weight excluding hydrogens is 210 g/mol. The Balaban J connectivity index is 2.35. The summed E-state index contributed by atoms with van der Waals surface area (Å²) in [7, 11) is 8.67. The van der Waals surface area contributed by atoms with Crippen LogP contribution in [-0.4, -0.2) is 63.7 Å². The lowest BCUT2D eigenvalue weighted by molar-refractivity contribution is 0.159. The molecule has 3 nitrogen and oxygen atoms in total. The Bertz CT molecular complexity index is 206. The van der Waals surface area contributed by atoms with Crippen LogP contribution in [0.15, 0.2) is 0 Å². The summed E-state index contributed by atoms with van der Waals surface area (Å²) in [5.41, 5.74) is 0. The first kappa shape index (κ1) is 14.9. The van der Waals surface area contributed by atoms with Gasteiger partial charge in [-0.2, -0.15) is 0 Å². The summed E-state index contributed by atoms with van der Waals surface area (Å²) >= 11 is 0. The molecule has 0 heterocycles. The molecule has 0 radical (unpaired) electrons. The number of hydrogen-bond donors (Lipinski definition) is 1. The first-order valence-electron chi connectivity index (χ1n) is 7.03. The summed E-state index contributed by atoms with van der Waals surface area (Å²) in [6, 6.07) is 0.730. The van der Waals surface area contributed by atoms with E-state index in [0.29, 0.717) is 0 Å². The second-order valence-electron chi connectivity index (χ2n) is 6.14. The van der Waals surface area contributed by atoms with Crippen molar-refractivity contribution >= 4 is 0 Å². The first-order chi connectivity index (χ1) is 8.02. The number of likely N-dealkylation sites (N-methyl/N-ethyl adjacent to an activating group) is 2. The minimum Gasteiger partial charge on any atom is -0.317 e. The molecule has 0 aromatic heterocycles. The van der Waals surface area contributed by atoms with Gasteiger partial charge in [0, 0.05) is 25.7 Å². The van der Waals surface area contributed by atoms with E-state index in [9.17, 15) is 0 Å². The second-order valence-corrected chi connectivity index (χ2v) is 6.14. The molecule has 17 heavy (non-hydrogen) atoms. The van der Waals surface area contributed by atoms with Crippen molar-refractivity contribution in [2.24, 2.45) is 11.8 Å². The highest BCUT2D eigenvalue weighted by atomic mass is 15.2. The molecule has 1 aliphatic rings. The van der Waals surface area contributed by atoms with Gasteiger partial charge in [-0.05, 0) is 59.3 Å². The topological polar surface area (TPSA) is 18.5 Å². The average Bonchev–Trinajstić information content (AvgIpc) is 2.27. The summed E-state index contributed by atoms with van der Waals surface area (Å²) < 4.78 is 0. The Kier molecular flexibility index (Phi) is 6.45.